The Balaban J connectivity index is 1.41. The van der Waals surface area contributed by atoms with Gasteiger partial charge in [0, 0.05) is 62.3 Å². The number of hydrogen-bond acceptors (Lipinski definition) is 11. The molecule has 2 aromatic rings. The van der Waals surface area contributed by atoms with E-state index in [-0.39, 0.29) is 59.0 Å². The van der Waals surface area contributed by atoms with Gasteiger partial charge < -0.3 is 29.3 Å². The Morgan fingerprint density at radius 1 is 1.20 bits per heavy atom. The molecule has 0 saturated carbocycles. The summed E-state index contributed by atoms with van der Waals surface area (Å²) in [5.41, 5.74) is -2.77. The maximum Gasteiger partial charge on any atom is 0.446 e. The number of carbonyl (C=O) groups excluding carboxylic acids is 1. The number of halogens is 3. The molecule has 1 atom stereocenters. The van der Waals surface area contributed by atoms with E-state index in [4.69, 9.17) is 19.4 Å². The number of ether oxygens (including phenoxy) is 2. The van der Waals surface area contributed by atoms with E-state index >= 15 is 0 Å². The molecular weight excluding hydrogens is 611 g/mol. The fourth-order valence-electron chi connectivity index (χ4n) is 5.90. The molecule has 0 radical (unpaired) electrons. The van der Waals surface area contributed by atoms with Crippen LogP contribution in [0.25, 0.3) is 0 Å². The molecule has 15 heteroatoms. The van der Waals surface area contributed by atoms with Gasteiger partial charge in [0.2, 0.25) is 5.91 Å². The number of amides is 1. The lowest BCUT2D eigenvalue weighted by Crippen LogP contribution is -2.55. The minimum absolute atomic E-state index is 0.0139. The summed E-state index contributed by atoms with van der Waals surface area (Å²) in [5, 5.41) is 19.6. The predicted octanol–water partition coefficient (Wildman–Crippen LogP) is 3.57. The smallest absolute Gasteiger partial charge is 0.446 e. The minimum atomic E-state index is -4.49. The molecule has 1 amide bonds. The lowest BCUT2D eigenvalue weighted by Gasteiger charge is -2.42. The van der Waals surface area contributed by atoms with Gasteiger partial charge in [-0.05, 0) is 42.8 Å². The minimum Gasteiger partial charge on any atom is -0.508 e. The van der Waals surface area contributed by atoms with Crippen LogP contribution in [0, 0.1) is 11.3 Å². The molecule has 0 spiro atoms. The number of carbonyl (C=O) groups is 1. The summed E-state index contributed by atoms with van der Waals surface area (Å²) in [6.45, 7) is 9.69. The first kappa shape index (κ1) is 32.6. The summed E-state index contributed by atoms with van der Waals surface area (Å²) < 4.78 is 51.6. The normalized spacial score (nSPS) is 19.2. The number of anilines is 2. The van der Waals surface area contributed by atoms with Gasteiger partial charge in [0.25, 0.3) is 0 Å². The number of rotatable bonds is 10. The van der Waals surface area contributed by atoms with Crippen LogP contribution in [0.5, 0.6) is 11.8 Å². The summed E-state index contributed by atoms with van der Waals surface area (Å²) in [4.78, 5) is 29.7. The van der Waals surface area contributed by atoms with Crippen LogP contribution >= 0.6 is 11.8 Å². The number of nitrogens with zero attached hydrogens (tertiary/aromatic N) is 7. The fraction of sp³-hybridized carbons (Fsp3) is 0.533. The highest BCUT2D eigenvalue weighted by molar-refractivity contribution is 8.00. The first-order chi connectivity index (χ1) is 21.6. The van der Waals surface area contributed by atoms with Gasteiger partial charge >= 0.3 is 11.5 Å². The molecule has 0 aliphatic carbocycles. The van der Waals surface area contributed by atoms with Gasteiger partial charge in [0.15, 0.2) is 0 Å². The van der Waals surface area contributed by atoms with Crippen LogP contribution in [-0.4, -0.2) is 108 Å². The average Bonchev–Trinajstić information content (AvgIpc) is 3.03. The van der Waals surface area contributed by atoms with Crippen LogP contribution in [0.15, 0.2) is 35.7 Å². The highest BCUT2D eigenvalue weighted by Gasteiger charge is 2.35. The number of phenolic OH excluding ortho intramolecular Hbond substituents is 1. The molecule has 11 nitrogen and oxygen atoms in total. The number of hydrogen-bond donors (Lipinski definition) is 1. The Morgan fingerprint density at radius 2 is 2.00 bits per heavy atom. The van der Waals surface area contributed by atoms with Gasteiger partial charge in [-0.15, -0.1) is 0 Å². The number of aromatic nitrogens is 2. The third kappa shape index (κ3) is 8.30. The highest BCUT2D eigenvalue weighted by atomic mass is 32.2. The van der Waals surface area contributed by atoms with Crippen molar-refractivity contribution in [1.29, 1.82) is 5.26 Å². The Hall–Kier alpha value is -3.74. The lowest BCUT2D eigenvalue weighted by molar-refractivity contribution is -0.128. The van der Waals surface area contributed by atoms with Gasteiger partial charge in [-0.3, -0.25) is 9.69 Å². The van der Waals surface area contributed by atoms with Crippen molar-refractivity contribution in [1.82, 2.24) is 19.8 Å². The molecule has 2 fully saturated rings. The van der Waals surface area contributed by atoms with Gasteiger partial charge in [-0.1, -0.05) is 6.58 Å². The molecule has 1 unspecified atom stereocenters. The topological polar surface area (TPSA) is 118 Å². The molecule has 2 saturated heterocycles. The van der Waals surface area contributed by atoms with E-state index < -0.39 is 5.51 Å². The first-order valence-corrected chi connectivity index (χ1v) is 15.7. The molecule has 1 aromatic heterocycles. The van der Waals surface area contributed by atoms with E-state index in [0.717, 1.165) is 31.6 Å². The number of alkyl halides is 3. The van der Waals surface area contributed by atoms with Gasteiger partial charge in [-0.25, -0.2) is 0 Å². The molecule has 45 heavy (non-hydrogen) atoms. The zero-order valence-corrected chi connectivity index (χ0v) is 25.7. The predicted molar refractivity (Wildman–Crippen MR) is 162 cm³/mol. The van der Waals surface area contributed by atoms with Crippen molar-refractivity contribution in [2.75, 3.05) is 75.4 Å². The molecular formula is C30H36F3N7O4S. The van der Waals surface area contributed by atoms with Crippen molar-refractivity contribution in [2.45, 2.75) is 42.3 Å². The fourth-order valence-corrected chi connectivity index (χ4v) is 6.57. The van der Waals surface area contributed by atoms with E-state index in [2.05, 4.69) is 17.5 Å². The van der Waals surface area contributed by atoms with E-state index in [1.807, 2.05) is 4.90 Å². The van der Waals surface area contributed by atoms with Crippen LogP contribution < -0.4 is 14.5 Å². The number of morpholine rings is 1. The third-order valence-electron chi connectivity index (χ3n) is 8.05. The van der Waals surface area contributed by atoms with Crippen LogP contribution in [0.1, 0.15) is 24.1 Å². The third-order valence-corrected chi connectivity index (χ3v) is 8.85. The number of nitriles is 1. The number of piperazine rings is 1. The second kappa shape index (κ2) is 14.6. The maximum absolute atomic E-state index is 13.4. The van der Waals surface area contributed by atoms with Crippen molar-refractivity contribution in [3.8, 4) is 17.8 Å². The van der Waals surface area contributed by atoms with Crippen LogP contribution in [0.3, 0.4) is 0 Å². The average molecular weight is 648 g/mol. The van der Waals surface area contributed by atoms with Crippen molar-refractivity contribution in [3.63, 3.8) is 0 Å². The standard InChI is InChI=1S/C30H36F3N7O4S/c1-2-27(42)40-12-11-39(19-21(40)6-8-34)28-23-7-10-38(25-18-22(41)4-5-26(25)45-30(31,32)33)20-24(23)35-29(36-28)44-15-3-9-37-13-16-43-17-14-37/h2,4-5,18,21,41H,1,3,6-7,9-17,19-20H2. The Kier molecular flexibility index (Phi) is 10.6. The van der Waals surface area contributed by atoms with Gasteiger partial charge in [-0.2, -0.15) is 28.4 Å². The van der Waals surface area contributed by atoms with Crippen molar-refractivity contribution < 1.29 is 32.5 Å². The summed E-state index contributed by atoms with van der Waals surface area (Å²) in [7, 11) is 0. The van der Waals surface area contributed by atoms with Crippen LogP contribution in [0.2, 0.25) is 0 Å². The SMILES string of the molecule is C=CC(=O)N1CCN(c2nc(OCCCN3CCOCC3)nc3c2CCN(c2cc(O)ccc2SC(F)(F)F)C3)CC1CC#N. The second-order valence-corrected chi connectivity index (χ2v) is 12.1. The molecule has 1 N–H and O–H groups in total. The lowest BCUT2D eigenvalue weighted by atomic mass is 10.0. The molecule has 3 aliphatic rings. The summed E-state index contributed by atoms with van der Waals surface area (Å²) in [6, 6.07) is 5.82. The van der Waals surface area contributed by atoms with Crippen LogP contribution in [0.4, 0.5) is 24.7 Å². The summed E-state index contributed by atoms with van der Waals surface area (Å²) in [6.07, 6.45) is 2.56. The van der Waals surface area contributed by atoms with Gasteiger partial charge in [0.05, 0.1) is 56.3 Å². The van der Waals surface area contributed by atoms with Crippen molar-refractivity contribution in [3.05, 3.63) is 42.1 Å². The molecule has 3 aliphatic heterocycles. The number of thioether (sulfide) groups is 1. The number of aromatic hydroxyl groups is 1. The zero-order chi connectivity index (χ0) is 32.0. The van der Waals surface area contributed by atoms with E-state index in [0.29, 0.717) is 63.9 Å². The van der Waals surface area contributed by atoms with E-state index in [9.17, 15) is 28.3 Å². The monoisotopic (exact) mass is 647 g/mol. The summed E-state index contributed by atoms with van der Waals surface area (Å²) in [5.74, 6) is 0.265. The maximum atomic E-state index is 13.4. The highest BCUT2D eigenvalue weighted by Crippen LogP contribution is 2.44. The second-order valence-electron chi connectivity index (χ2n) is 11.0. The van der Waals surface area contributed by atoms with Crippen molar-refractivity contribution in [2.24, 2.45) is 0 Å². The zero-order valence-electron chi connectivity index (χ0n) is 24.8. The number of benzene rings is 1. The van der Waals surface area contributed by atoms with E-state index in [1.54, 1.807) is 9.80 Å². The van der Waals surface area contributed by atoms with Gasteiger partial charge in [0.1, 0.15) is 11.6 Å². The Bertz CT molecular complexity index is 1420. The van der Waals surface area contributed by atoms with E-state index in [1.165, 1.54) is 24.3 Å². The van der Waals surface area contributed by atoms with Crippen molar-refractivity contribution >= 4 is 29.2 Å². The number of phenols is 1. The molecule has 242 valence electrons. The molecule has 5 rings (SSSR count). The largest absolute Gasteiger partial charge is 0.508 e. The first-order valence-electron chi connectivity index (χ1n) is 14.9. The molecule has 1 aromatic carbocycles. The quantitative estimate of drug-likeness (QED) is 0.232. The molecule has 0 bridgehead atoms. The Labute approximate surface area is 264 Å². The molecule has 4 heterocycles. The Morgan fingerprint density at radius 3 is 2.73 bits per heavy atom. The summed E-state index contributed by atoms with van der Waals surface area (Å²) >= 11 is -0.221. The van der Waals surface area contributed by atoms with Crippen LogP contribution in [-0.2, 0) is 22.5 Å². The number of fused-ring (bicyclic) bond motifs is 1.